The molecule has 5 aliphatic carbocycles. The summed E-state index contributed by atoms with van der Waals surface area (Å²) in [4.78, 5) is 12.7. The van der Waals surface area contributed by atoms with Gasteiger partial charge in [-0.2, -0.15) is 0 Å². The Morgan fingerprint density at radius 2 is 2.11 bits per heavy atom. The van der Waals surface area contributed by atoms with Crippen LogP contribution in [0.15, 0.2) is 47.6 Å². The first-order valence-corrected chi connectivity index (χ1v) is 11.2. The Kier molecular flexibility index (Phi) is 4.82. The van der Waals surface area contributed by atoms with Crippen LogP contribution >= 0.6 is 0 Å². The van der Waals surface area contributed by atoms with E-state index in [2.05, 4.69) is 43.4 Å². The summed E-state index contributed by atoms with van der Waals surface area (Å²) in [5, 5.41) is 10.2. The molecule has 0 aromatic heterocycles. The van der Waals surface area contributed by atoms with Gasteiger partial charge in [-0.25, -0.2) is 0 Å². The lowest BCUT2D eigenvalue weighted by Gasteiger charge is -2.24. The van der Waals surface area contributed by atoms with Gasteiger partial charge in [0.25, 0.3) is 0 Å². The van der Waals surface area contributed by atoms with Crippen molar-refractivity contribution in [1.29, 1.82) is 0 Å². The highest BCUT2D eigenvalue weighted by Gasteiger charge is 2.48. The van der Waals surface area contributed by atoms with Crippen molar-refractivity contribution in [3.05, 3.63) is 47.6 Å². The summed E-state index contributed by atoms with van der Waals surface area (Å²) in [5.74, 6) is 2.67. The summed E-state index contributed by atoms with van der Waals surface area (Å²) in [6.45, 7) is 2.75. The number of rotatable bonds is 5. The van der Waals surface area contributed by atoms with Crippen molar-refractivity contribution >= 4 is 5.97 Å². The first-order valence-electron chi connectivity index (χ1n) is 11.2. The van der Waals surface area contributed by atoms with Crippen molar-refractivity contribution in [3.63, 3.8) is 0 Å². The zero-order valence-corrected chi connectivity index (χ0v) is 16.8. The van der Waals surface area contributed by atoms with Gasteiger partial charge in [-0.1, -0.05) is 49.0 Å². The SMILES string of the molecule is CC1CC[C@@H](O)C1CC1CC1C(=O)OCC1C2=C(CCC=C2)C2C=CC=CC21. The van der Waals surface area contributed by atoms with Gasteiger partial charge >= 0.3 is 5.97 Å². The van der Waals surface area contributed by atoms with Crippen LogP contribution in [0.5, 0.6) is 0 Å². The second-order valence-corrected chi connectivity index (χ2v) is 9.65. The second kappa shape index (κ2) is 7.33. The molecule has 8 atom stereocenters. The molecule has 5 rings (SSSR count). The smallest absolute Gasteiger partial charge is 0.309 e. The van der Waals surface area contributed by atoms with Crippen LogP contribution in [0.25, 0.3) is 0 Å². The third-order valence-electron chi connectivity index (χ3n) is 8.04. The van der Waals surface area contributed by atoms with Gasteiger partial charge in [0.1, 0.15) is 0 Å². The van der Waals surface area contributed by atoms with Gasteiger partial charge in [-0.15, -0.1) is 0 Å². The molecule has 0 aromatic carbocycles. The lowest BCUT2D eigenvalue weighted by molar-refractivity contribution is -0.147. The van der Waals surface area contributed by atoms with E-state index in [1.807, 2.05) is 0 Å². The molecule has 2 fully saturated rings. The lowest BCUT2D eigenvalue weighted by atomic mass is 9.82. The quantitative estimate of drug-likeness (QED) is 0.709. The van der Waals surface area contributed by atoms with E-state index in [9.17, 15) is 9.90 Å². The number of esters is 1. The van der Waals surface area contributed by atoms with Crippen LogP contribution in [0, 0.1) is 41.4 Å². The Labute approximate surface area is 168 Å². The molecular formula is C25H32O3. The topological polar surface area (TPSA) is 46.5 Å². The van der Waals surface area contributed by atoms with E-state index in [0.717, 1.165) is 38.5 Å². The summed E-state index contributed by atoms with van der Waals surface area (Å²) >= 11 is 0. The van der Waals surface area contributed by atoms with Gasteiger partial charge in [0.2, 0.25) is 0 Å². The lowest BCUT2D eigenvalue weighted by Crippen LogP contribution is -2.23. The van der Waals surface area contributed by atoms with Crippen LogP contribution < -0.4 is 0 Å². The van der Waals surface area contributed by atoms with Crippen LogP contribution in [0.1, 0.15) is 45.4 Å². The average molecular weight is 381 g/mol. The maximum Gasteiger partial charge on any atom is 0.309 e. The maximum absolute atomic E-state index is 12.7. The molecule has 0 radical (unpaired) electrons. The molecule has 3 nitrogen and oxygen atoms in total. The molecule has 0 saturated heterocycles. The van der Waals surface area contributed by atoms with Gasteiger partial charge in [-0.05, 0) is 67.8 Å². The Balaban J connectivity index is 1.18. The molecule has 2 saturated carbocycles. The normalized spacial score (nSPS) is 43.2. The Morgan fingerprint density at radius 1 is 1.25 bits per heavy atom. The molecule has 0 aliphatic heterocycles. The molecule has 7 unspecified atom stereocenters. The molecule has 0 spiro atoms. The van der Waals surface area contributed by atoms with Crippen molar-refractivity contribution in [2.24, 2.45) is 41.4 Å². The van der Waals surface area contributed by atoms with Gasteiger partial charge < -0.3 is 9.84 Å². The van der Waals surface area contributed by atoms with Crippen molar-refractivity contribution < 1.29 is 14.6 Å². The van der Waals surface area contributed by atoms with E-state index in [-0.39, 0.29) is 18.0 Å². The summed E-state index contributed by atoms with van der Waals surface area (Å²) in [6.07, 6.45) is 19.5. The third kappa shape index (κ3) is 3.22. The van der Waals surface area contributed by atoms with Gasteiger partial charge in [0.15, 0.2) is 0 Å². The summed E-state index contributed by atoms with van der Waals surface area (Å²) in [6, 6.07) is 0. The van der Waals surface area contributed by atoms with Crippen molar-refractivity contribution in [2.75, 3.05) is 6.61 Å². The molecule has 1 N–H and O–H groups in total. The fourth-order valence-corrected chi connectivity index (χ4v) is 6.24. The molecule has 0 bridgehead atoms. The summed E-state index contributed by atoms with van der Waals surface area (Å²) < 4.78 is 5.87. The maximum atomic E-state index is 12.7. The zero-order chi connectivity index (χ0) is 19.3. The van der Waals surface area contributed by atoms with Crippen molar-refractivity contribution in [2.45, 2.75) is 51.6 Å². The standard InChI is InChI=1S/C25H32O3/c1-15-10-11-24(26)21(15)12-16-13-22(16)25(27)28-14-23-19-8-4-2-6-17(19)18-7-3-5-9-20(18)23/h2,4-6,8-9,15-17,19,21-24,26H,3,7,10-14H2,1H3/t15?,16?,17?,19?,21?,22?,23?,24-/m1/s1. The number of carbonyl (C=O) groups is 1. The minimum Gasteiger partial charge on any atom is -0.465 e. The fraction of sp³-hybridized carbons (Fsp3) is 0.640. The predicted octanol–water partition coefficient (Wildman–Crippen LogP) is 4.60. The van der Waals surface area contributed by atoms with E-state index in [1.54, 1.807) is 5.57 Å². The molecule has 150 valence electrons. The molecule has 0 amide bonds. The largest absolute Gasteiger partial charge is 0.465 e. The minimum absolute atomic E-state index is 0.00846. The van der Waals surface area contributed by atoms with E-state index in [0.29, 0.717) is 42.1 Å². The number of ether oxygens (including phenoxy) is 1. The second-order valence-electron chi connectivity index (χ2n) is 9.65. The monoisotopic (exact) mass is 380 g/mol. The molecule has 0 aromatic rings. The van der Waals surface area contributed by atoms with Gasteiger partial charge in [-0.3, -0.25) is 4.79 Å². The number of carbonyl (C=O) groups excluding carboxylic acids is 1. The van der Waals surface area contributed by atoms with E-state index < -0.39 is 0 Å². The highest BCUT2D eigenvalue weighted by atomic mass is 16.5. The number of aliphatic hydroxyl groups excluding tert-OH is 1. The summed E-state index contributed by atoms with van der Waals surface area (Å²) in [7, 11) is 0. The molecule has 28 heavy (non-hydrogen) atoms. The Hall–Kier alpha value is -1.61. The van der Waals surface area contributed by atoms with Crippen molar-refractivity contribution in [1.82, 2.24) is 0 Å². The van der Waals surface area contributed by atoms with E-state index in [1.165, 1.54) is 5.57 Å². The van der Waals surface area contributed by atoms with Gasteiger partial charge in [0.05, 0.1) is 18.6 Å². The first-order chi connectivity index (χ1) is 13.6. The van der Waals surface area contributed by atoms with Crippen LogP contribution in [-0.2, 0) is 9.53 Å². The number of fused-ring (bicyclic) bond motifs is 2. The molecular weight excluding hydrogens is 348 g/mol. The highest BCUT2D eigenvalue weighted by Crippen LogP contribution is 2.50. The Morgan fingerprint density at radius 3 is 2.93 bits per heavy atom. The molecule has 0 heterocycles. The van der Waals surface area contributed by atoms with E-state index in [4.69, 9.17) is 4.74 Å². The van der Waals surface area contributed by atoms with Gasteiger partial charge in [0, 0.05) is 11.8 Å². The zero-order valence-electron chi connectivity index (χ0n) is 16.8. The first kappa shape index (κ1) is 18.4. The van der Waals surface area contributed by atoms with Crippen LogP contribution in [-0.4, -0.2) is 23.8 Å². The van der Waals surface area contributed by atoms with Crippen LogP contribution in [0.4, 0.5) is 0 Å². The van der Waals surface area contributed by atoms with Crippen LogP contribution in [0.2, 0.25) is 0 Å². The average Bonchev–Trinajstić information content (AvgIpc) is 3.33. The number of aliphatic hydroxyl groups is 1. The molecule has 5 aliphatic rings. The summed E-state index contributed by atoms with van der Waals surface area (Å²) in [5.41, 5.74) is 2.98. The minimum atomic E-state index is -0.169. The fourth-order valence-electron chi connectivity index (χ4n) is 6.24. The Bertz CT molecular complexity index is 748. The predicted molar refractivity (Wildman–Crippen MR) is 109 cm³/mol. The third-order valence-corrected chi connectivity index (χ3v) is 8.04. The molecule has 3 heteroatoms. The number of hydrogen-bond acceptors (Lipinski definition) is 3. The van der Waals surface area contributed by atoms with Crippen LogP contribution in [0.3, 0.4) is 0 Å². The van der Waals surface area contributed by atoms with Crippen molar-refractivity contribution in [3.8, 4) is 0 Å². The highest BCUT2D eigenvalue weighted by molar-refractivity contribution is 5.75. The number of hydrogen-bond donors (Lipinski definition) is 1. The van der Waals surface area contributed by atoms with E-state index >= 15 is 0 Å². The number of allylic oxidation sites excluding steroid dienone is 7.